The second kappa shape index (κ2) is 9.82. The number of carbonyl (C=O) groups is 1. The van der Waals surface area contributed by atoms with Gasteiger partial charge in [-0.15, -0.1) is 23.7 Å². The summed E-state index contributed by atoms with van der Waals surface area (Å²) in [5, 5.41) is 9.33. The van der Waals surface area contributed by atoms with Crippen LogP contribution in [0.2, 0.25) is 0 Å². The molecule has 2 atom stereocenters. The number of aryl methyl sites for hydroxylation is 1. The number of halogens is 1. The highest BCUT2D eigenvalue weighted by Crippen LogP contribution is 2.21. The molecule has 0 spiro atoms. The van der Waals surface area contributed by atoms with Gasteiger partial charge in [0.05, 0.1) is 22.8 Å². The third-order valence-electron chi connectivity index (χ3n) is 4.13. The number of ether oxygens (including phenoxy) is 1. The normalized spacial score (nSPS) is 19.4. The molecule has 2 aromatic rings. The molecule has 3 rings (SSSR count). The number of nitrogens with zero attached hydrogens (tertiary/aromatic N) is 2. The standard InChI is InChI=1S/C17H22N4O2S.ClH/c1-23-13-9-14(20-10-13)17(22)19-6-2-3-16-21-15(11-24-16)12-4-7-18-8-5-12;/h4-5,7-8,11,13-14,20H,2-3,6,9-10H2,1H3,(H,19,22);1H/t13-,14+;/m0./s1. The summed E-state index contributed by atoms with van der Waals surface area (Å²) >= 11 is 1.66. The molecule has 0 saturated carbocycles. The Morgan fingerprint density at radius 2 is 2.24 bits per heavy atom. The topological polar surface area (TPSA) is 76.1 Å². The molecule has 8 heteroatoms. The van der Waals surface area contributed by atoms with E-state index < -0.39 is 0 Å². The minimum Gasteiger partial charge on any atom is -0.380 e. The van der Waals surface area contributed by atoms with E-state index in [1.54, 1.807) is 30.8 Å². The van der Waals surface area contributed by atoms with Gasteiger partial charge in [0, 0.05) is 50.0 Å². The molecular weight excluding hydrogens is 360 g/mol. The van der Waals surface area contributed by atoms with E-state index in [1.165, 1.54) is 0 Å². The maximum atomic E-state index is 12.1. The van der Waals surface area contributed by atoms with Gasteiger partial charge in [-0.25, -0.2) is 4.98 Å². The highest BCUT2D eigenvalue weighted by atomic mass is 35.5. The van der Waals surface area contributed by atoms with Gasteiger partial charge in [0.25, 0.3) is 0 Å². The summed E-state index contributed by atoms with van der Waals surface area (Å²) in [6.07, 6.45) is 6.18. The van der Waals surface area contributed by atoms with E-state index >= 15 is 0 Å². The fourth-order valence-corrected chi connectivity index (χ4v) is 3.59. The minimum atomic E-state index is -0.131. The first kappa shape index (κ1) is 19.8. The quantitative estimate of drug-likeness (QED) is 0.717. The summed E-state index contributed by atoms with van der Waals surface area (Å²) in [5.74, 6) is 0.0613. The van der Waals surface area contributed by atoms with Gasteiger partial charge in [-0.2, -0.15) is 0 Å². The van der Waals surface area contributed by atoms with Crippen molar-refractivity contribution in [3.05, 3.63) is 34.9 Å². The number of amides is 1. The number of rotatable bonds is 7. The van der Waals surface area contributed by atoms with E-state index in [9.17, 15) is 4.79 Å². The molecule has 0 radical (unpaired) electrons. The lowest BCUT2D eigenvalue weighted by molar-refractivity contribution is -0.122. The number of nitrogens with one attached hydrogen (secondary N) is 2. The number of thiazole rings is 1. The van der Waals surface area contributed by atoms with Gasteiger partial charge in [-0.3, -0.25) is 9.78 Å². The predicted molar refractivity (Wildman–Crippen MR) is 101 cm³/mol. The fraction of sp³-hybridized carbons (Fsp3) is 0.471. The Balaban J connectivity index is 0.00000225. The lowest BCUT2D eigenvalue weighted by Gasteiger charge is -2.10. The van der Waals surface area contributed by atoms with E-state index in [-0.39, 0.29) is 30.5 Å². The molecule has 136 valence electrons. The van der Waals surface area contributed by atoms with Crippen molar-refractivity contribution < 1.29 is 9.53 Å². The molecule has 0 aromatic carbocycles. The Kier molecular flexibility index (Phi) is 7.77. The van der Waals surface area contributed by atoms with Crippen LogP contribution in [-0.2, 0) is 16.0 Å². The van der Waals surface area contributed by atoms with Crippen LogP contribution < -0.4 is 10.6 Å². The summed E-state index contributed by atoms with van der Waals surface area (Å²) in [5.41, 5.74) is 2.07. The summed E-state index contributed by atoms with van der Waals surface area (Å²) in [7, 11) is 1.68. The van der Waals surface area contributed by atoms with Gasteiger partial charge in [0.1, 0.15) is 0 Å². The van der Waals surface area contributed by atoms with Crippen LogP contribution in [0.3, 0.4) is 0 Å². The van der Waals surface area contributed by atoms with Crippen molar-refractivity contribution in [1.29, 1.82) is 0 Å². The Labute approximate surface area is 157 Å². The highest BCUT2D eigenvalue weighted by molar-refractivity contribution is 7.09. The molecule has 25 heavy (non-hydrogen) atoms. The van der Waals surface area contributed by atoms with Crippen molar-refractivity contribution in [1.82, 2.24) is 20.6 Å². The lowest BCUT2D eigenvalue weighted by atomic mass is 10.2. The summed E-state index contributed by atoms with van der Waals surface area (Å²) in [4.78, 5) is 20.7. The Hall–Kier alpha value is -1.54. The fourth-order valence-electron chi connectivity index (χ4n) is 2.74. The van der Waals surface area contributed by atoms with Gasteiger partial charge >= 0.3 is 0 Å². The number of carbonyl (C=O) groups excluding carboxylic acids is 1. The van der Waals surface area contributed by atoms with Crippen LogP contribution in [0.5, 0.6) is 0 Å². The summed E-state index contributed by atoms with van der Waals surface area (Å²) < 4.78 is 5.26. The van der Waals surface area contributed by atoms with E-state index in [0.29, 0.717) is 6.54 Å². The Morgan fingerprint density at radius 3 is 2.96 bits per heavy atom. The number of pyridine rings is 1. The van der Waals surface area contributed by atoms with Crippen molar-refractivity contribution in [3.63, 3.8) is 0 Å². The van der Waals surface area contributed by atoms with Crippen molar-refractivity contribution in [2.75, 3.05) is 20.2 Å². The van der Waals surface area contributed by atoms with Gasteiger partial charge in [-0.1, -0.05) is 0 Å². The molecule has 2 N–H and O–H groups in total. The van der Waals surface area contributed by atoms with Crippen LogP contribution in [0, 0.1) is 0 Å². The van der Waals surface area contributed by atoms with Gasteiger partial charge in [0.2, 0.25) is 5.91 Å². The lowest BCUT2D eigenvalue weighted by Crippen LogP contribution is -2.40. The number of methoxy groups -OCH3 is 1. The largest absolute Gasteiger partial charge is 0.380 e. The minimum absolute atomic E-state index is 0. The van der Waals surface area contributed by atoms with Crippen LogP contribution in [0.15, 0.2) is 29.9 Å². The average Bonchev–Trinajstić information content (AvgIpc) is 3.28. The molecule has 1 amide bonds. The van der Waals surface area contributed by atoms with Crippen LogP contribution >= 0.6 is 23.7 Å². The maximum Gasteiger partial charge on any atom is 0.237 e. The van der Waals surface area contributed by atoms with Crippen LogP contribution in [-0.4, -0.2) is 48.2 Å². The predicted octanol–water partition coefficient (Wildman–Crippen LogP) is 2.05. The molecule has 0 unspecified atom stereocenters. The Morgan fingerprint density at radius 1 is 1.44 bits per heavy atom. The molecule has 1 aliphatic rings. The van der Waals surface area contributed by atoms with Crippen molar-refractivity contribution in [2.45, 2.75) is 31.4 Å². The van der Waals surface area contributed by atoms with E-state index in [4.69, 9.17) is 4.74 Å². The maximum absolute atomic E-state index is 12.1. The van der Waals surface area contributed by atoms with Crippen LogP contribution in [0.4, 0.5) is 0 Å². The second-order valence-corrected chi connectivity index (χ2v) is 6.75. The van der Waals surface area contributed by atoms with Crippen molar-refractivity contribution in [3.8, 4) is 11.3 Å². The van der Waals surface area contributed by atoms with Crippen LogP contribution in [0.25, 0.3) is 11.3 Å². The van der Waals surface area contributed by atoms with Gasteiger partial charge < -0.3 is 15.4 Å². The molecule has 0 aliphatic carbocycles. The number of hydrogen-bond acceptors (Lipinski definition) is 6. The Bertz CT molecular complexity index is 668. The number of aromatic nitrogens is 2. The first-order chi connectivity index (χ1) is 11.8. The second-order valence-electron chi connectivity index (χ2n) is 5.81. The third kappa shape index (κ3) is 5.47. The van der Waals surface area contributed by atoms with Gasteiger partial charge in [0.15, 0.2) is 0 Å². The summed E-state index contributed by atoms with van der Waals surface area (Å²) in [6.45, 7) is 1.41. The highest BCUT2D eigenvalue weighted by Gasteiger charge is 2.28. The molecule has 3 heterocycles. The molecule has 2 aromatic heterocycles. The van der Waals surface area contributed by atoms with E-state index in [2.05, 4.69) is 26.0 Å². The van der Waals surface area contributed by atoms with E-state index in [1.807, 2.05) is 12.1 Å². The molecule has 1 aliphatic heterocycles. The first-order valence-electron chi connectivity index (χ1n) is 8.15. The molecule has 6 nitrogen and oxygen atoms in total. The first-order valence-corrected chi connectivity index (χ1v) is 9.03. The monoisotopic (exact) mass is 382 g/mol. The van der Waals surface area contributed by atoms with Crippen molar-refractivity contribution >= 4 is 29.7 Å². The smallest absolute Gasteiger partial charge is 0.237 e. The molecule has 1 saturated heterocycles. The zero-order valence-electron chi connectivity index (χ0n) is 14.1. The van der Waals surface area contributed by atoms with Crippen molar-refractivity contribution in [2.24, 2.45) is 0 Å². The SMILES string of the molecule is CO[C@@H]1CN[C@@H](C(=O)NCCCc2nc(-c3ccncc3)cs2)C1.Cl. The molecule has 0 bridgehead atoms. The van der Waals surface area contributed by atoms with Crippen LogP contribution in [0.1, 0.15) is 17.8 Å². The average molecular weight is 383 g/mol. The molecule has 1 fully saturated rings. The number of hydrogen-bond donors (Lipinski definition) is 2. The zero-order valence-corrected chi connectivity index (χ0v) is 15.7. The zero-order chi connectivity index (χ0) is 16.8. The molecular formula is C17H23ClN4O2S. The van der Waals surface area contributed by atoms with E-state index in [0.717, 1.165) is 42.1 Å². The van der Waals surface area contributed by atoms with Gasteiger partial charge in [-0.05, 0) is 25.0 Å². The third-order valence-corrected chi connectivity index (χ3v) is 5.04. The summed E-state index contributed by atoms with van der Waals surface area (Å²) in [6, 6.07) is 3.79.